The summed E-state index contributed by atoms with van der Waals surface area (Å²) in [5, 5.41) is 17.8. The van der Waals surface area contributed by atoms with E-state index in [9.17, 15) is 19.7 Å². The minimum atomic E-state index is -0.701. The van der Waals surface area contributed by atoms with E-state index in [1.165, 1.54) is 16.0 Å². The van der Waals surface area contributed by atoms with Gasteiger partial charge in [-0.2, -0.15) is 4.68 Å². The van der Waals surface area contributed by atoms with E-state index >= 15 is 0 Å². The van der Waals surface area contributed by atoms with Crippen molar-refractivity contribution in [1.29, 1.82) is 0 Å². The number of thiophene rings is 1. The summed E-state index contributed by atoms with van der Waals surface area (Å²) in [5.74, 6) is -1.08. The van der Waals surface area contributed by atoms with E-state index in [1.54, 1.807) is 6.92 Å². The Kier molecular flexibility index (Phi) is 5.92. The van der Waals surface area contributed by atoms with Crippen LogP contribution in [-0.2, 0) is 24.2 Å². The zero-order valence-electron chi connectivity index (χ0n) is 17.2. The van der Waals surface area contributed by atoms with Crippen molar-refractivity contribution in [2.45, 2.75) is 53.5 Å². The molecule has 0 bridgehead atoms. The number of aromatic nitrogens is 2. The molecule has 30 heavy (non-hydrogen) atoms. The highest BCUT2D eigenvalue weighted by Gasteiger charge is 2.34. The summed E-state index contributed by atoms with van der Waals surface area (Å²) in [6.07, 6.45) is 2.53. The van der Waals surface area contributed by atoms with Crippen molar-refractivity contribution < 1.29 is 14.5 Å². The molecule has 0 fully saturated rings. The van der Waals surface area contributed by atoms with Gasteiger partial charge in [-0.05, 0) is 48.0 Å². The standard InChI is InChI=1S/C19H24ClN5O4S/c1-9-15(20)17(25(28)29)23-24(9)8-13(26)22-18-14(16(21)27)11-6-5-10(19(2,3)4)7-12(11)30-18/h10H,5-8H2,1-4H3,(H2,21,27)(H,22,26). The van der Waals surface area contributed by atoms with Crippen LogP contribution in [0.15, 0.2) is 0 Å². The number of carbonyl (C=O) groups is 2. The number of halogens is 1. The number of nitro groups is 1. The fourth-order valence-corrected chi connectivity index (χ4v) is 5.31. The Balaban J connectivity index is 1.84. The zero-order chi connectivity index (χ0) is 22.4. The monoisotopic (exact) mass is 453 g/mol. The number of hydrogen-bond donors (Lipinski definition) is 2. The van der Waals surface area contributed by atoms with Crippen LogP contribution in [0.1, 0.15) is 53.7 Å². The Morgan fingerprint density at radius 1 is 1.43 bits per heavy atom. The average molecular weight is 454 g/mol. The summed E-state index contributed by atoms with van der Waals surface area (Å²) in [4.78, 5) is 36.1. The third-order valence-electron chi connectivity index (χ3n) is 5.57. The summed E-state index contributed by atoms with van der Waals surface area (Å²) in [7, 11) is 0. The summed E-state index contributed by atoms with van der Waals surface area (Å²) >= 11 is 7.29. The fraction of sp³-hybridized carbons (Fsp3) is 0.526. The molecule has 0 aliphatic heterocycles. The third kappa shape index (κ3) is 4.20. The maximum atomic E-state index is 12.6. The number of fused-ring (bicyclic) bond motifs is 1. The van der Waals surface area contributed by atoms with Crippen LogP contribution in [0.2, 0.25) is 5.02 Å². The summed E-state index contributed by atoms with van der Waals surface area (Å²) < 4.78 is 1.17. The number of carbonyl (C=O) groups excluding carboxylic acids is 2. The molecule has 1 aliphatic carbocycles. The predicted molar refractivity (Wildman–Crippen MR) is 115 cm³/mol. The van der Waals surface area contributed by atoms with Crippen LogP contribution in [0.5, 0.6) is 0 Å². The number of anilines is 1. The lowest BCUT2D eigenvalue weighted by molar-refractivity contribution is -0.389. The predicted octanol–water partition coefficient (Wildman–Crippen LogP) is 3.70. The van der Waals surface area contributed by atoms with E-state index in [1.807, 2.05) is 0 Å². The van der Waals surface area contributed by atoms with Crippen LogP contribution in [0, 0.1) is 28.4 Å². The summed E-state index contributed by atoms with van der Waals surface area (Å²) in [6, 6.07) is 0. The van der Waals surface area contributed by atoms with E-state index in [0.29, 0.717) is 22.2 Å². The van der Waals surface area contributed by atoms with Crippen molar-refractivity contribution in [2.75, 3.05) is 5.32 Å². The highest BCUT2D eigenvalue weighted by molar-refractivity contribution is 7.17. The molecular formula is C19H24ClN5O4S. The first-order chi connectivity index (χ1) is 13.9. The van der Waals surface area contributed by atoms with Crippen LogP contribution in [-0.4, -0.2) is 26.5 Å². The van der Waals surface area contributed by atoms with Gasteiger partial charge in [0.25, 0.3) is 5.91 Å². The first-order valence-corrected chi connectivity index (χ1v) is 10.7. The molecule has 3 rings (SSSR count). The van der Waals surface area contributed by atoms with Gasteiger partial charge >= 0.3 is 5.82 Å². The van der Waals surface area contributed by atoms with E-state index in [0.717, 1.165) is 29.7 Å². The van der Waals surface area contributed by atoms with Gasteiger partial charge in [0, 0.05) is 4.88 Å². The van der Waals surface area contributed by atoms with Gasteiger partial charge in [-0.1, -0.05) is 32.4 Å². The molecule has 2 amide bonds. The van der Waals surface area contributed by atoms with Crippen molar-refractivity contribution in [1.82, 2.24) is 9.78 Å². The molecule has 0 spiro atoms. The van der Waals surface area contributed by atoms with Crippen molar-refractivity contribution in [2.24, 2.45) is 17.1 Å². The lowest BCUT2D eigenvalue weighted by atomic mass is 9.72. The molecule has 0 saturated carbocycles. The number of nitrogens with zero attached hydrogens (tertiary/aromatic N) is 3. The molecule has 162 valence electrons. The van der Waals surface area contributed by atoms with E-state index < -0.39 is 22.6 Å². The molecule has 1 aliphatic rings. The Morgan fingerprint density at radius 3 is 2.63 bits per heavy atom. The Hall–Kier alpha value is -2.46. The largest absolute Gasteiger partial charge is 0.408 e. The van der Waals surface area contributed by atoms with Crippen molar-refractivity contribution in [3.05, 3.63) is 36.8 Å². The van der Waals surface area contributed by atoms with Crippen LogP contribution < -0.4 is 11.1 Å². The summed E-state index contributed by atoms with van der Waals surface area (Å²) in [5.41, 5.74) is 7.35. The molecule has 2 aromatic heterocycles. The molecule has 9 nitrogen and oxygen atoms in total. The molecule has 1 unspecified atom stereocenters. The Bertz CT molecular complexity index is 1040. The molecule has 0 radical (unpaired) electrons. The number of amides is 2. The molecular weight excluding hydrogens is 430 g/mol. The van der Waals surface area contributed by atoms with E-state index in [4.69, 9.17) is 17.3 Å². The third-order valence-corrected chi connectivity index (χ3v) is 7.18. The highest BCUT2D eigenvalue weighted by atomic mass is 35.5. The zero-order valence-corrected chi connectivity index (χ0v) is 18.8. The Morgan fingerprint density at radius 2 is 2.10 bits per heavy atom. The quantitative estimate of drug-likeness (QED) is 0.525. The van der Waals surface area contributed by atoms with E-state index in [2.05, 4.69) is 31.2 Å². The molecule has 3 N–H and O–H groups in total. The maximum Gasteiger partial charge on any atom is 0.408 e. The highest BCUT2D eigenvalue weighted by Crippen LogP contribution is 2.44. The lowest BCUT2D eigenvalue weighted by Gasteiger charge is -2.33. The second-order valence-electron chi connectivity index (χ2n) is 8.56. The molecule has 2 heterocycles. The number of primary amides is 1. The van der Waals surface area contributed by atoms with Gasteiger partial charge in [-0.25, -0.2) is 0 Å². The number of nitrogens with one attached hydrogen (secondary N) is 1. The lowest BCUT2D eigenvalue weighted by Crippen LogP contribution is -2.27. The minimum absolute atomic E-state index is 0.106. The second-order valence-corrected chi connectivity index (χ2v) is 10.0. The van der Waals surface area contributed by atoms with Gasteiger partial charge in [-0.3, -0.25) is 9.59 Å². The van der Waals surface area contributed by atoms with Gasteiger partial charge in [0.05, 0.1) is 16.4 Å². The van der Waals surface area contributed by atoms with Gasteiger partial charge in [0.15, 0.2) is 5.02 Å². The van der Waals surface area contributed by atoms with Crippen LogP contribution in [0.25, 0.3) is 0 Å². The summed E-state index contributed by atoms with van der Waals surface area (Å²) in [6.45, 7) is 7.87. The van der Waals surface area contributed by atoms with Crippen molar-refractivity contribution >= 4 is 45.6 Å². The topological polar surface area (TPSA) is 133 Å². The molecule has 11 heteroatoms. The van der Waals surface area contributed by atoms with Crippen molar-refractivity contribution in [3.8, 4) is 0 Å². The number of rotatable bonds is 5. The smallest absolute Gasteiger partial charge is 0.365 e. The van der Waals surface area contributed by atoms with Gasteiger partial charge < -0.3 is 21.2 Å². The van der Waals surface area contributed by atoms with Crippen molar-refractivity contribution in [3.63, 3.8) is 0 Å². The molecule has 2 aromatic rings. The molecule has 0 saturated heterocycles. The molecule has 1 atom stereocenters. The van der Waals surface area contributed by atoms with Gasteiger partial charge in [-0.15, -0.1) is 11.3 Å². The minimum Gasteiger partial charge on any atom is -0.365 e. The van der Waals surface area contributed by atoms with Crippen LogP contribution in [0.3, 0.4) is 0 Å². The fourth-order valence-electron chi connectivity index (χ4n) is 3.75. The normalized spacial score (nSPS) is 16.2. The van der Waals surface area contributed by atoms with Crippen LogP contribution in [0.4, 0.5) is 10.8 Å². The average Bonchev–Trinajstić information content (AvgIpc) is 3.12. The first-order valence-electron chi connectivity index (χ1n) is 9.51. The first kappa shape index (κ1) is 22.2. The number of nitrogens with two attached hydrogens (primary N) is 1. The maximum absolute atomic E-state index is 12.6. The SMILES string of the molecule is Cc1c(Cl)c([N+](=O)[O-])nn1CC(=O)Nc1sc2c(c1C(N)=O)CCC(C(C)(C)C)C2. The van der Waals surface area contributed by atoms with Gasteiger partial charge in [0.1, 0.15) is 11.5 Å². The second kappa shape index (κ2) is 7.99. The number of hydrogen-bond acceptors (Lipinski definition) is 6. The van der Waals surface area contributed by atoms with E-state index in [-0.39, 0.29) is 17.0 Å². The van der Waals surface area contributed by atoms with Gasteiger partial charge in [0.2, 0.25) is 5.91 Å². The molecule has 0 aromatic carbocycles. The Labute approximate surface area is 182 Å². The van der Waals surface area contributed by atoms with Crippen LogP contribution >= 0.6 is 22.9 Å².